The Labute approximate surface area is 205 Å². The monoisotopic (exact) mass is 487 g/mol. The number of rotatable bonds is 3. The lowest BCUT2D eigenvalue weighted by Gasteiger charge is -2.67. The van der Waals surface area contributed by atoms with Gasteiger partial charge < -0.3 is 30.3 Å². The number of ether oxygens (including phenoxy) is 1. The predicted molar refractivity (Wildman–Crippen MR) is 126 cm³/mol. The molecule has 3 saturated carbocycles. The van der Waals surface area contributed by atoms with E-state index in [9.17, 15) is 30.3 Å². The van der Waals surface area contributed by atoms with Gasteiger partial charge in [-0.25, -0.2) is 4.79 Å². The van der Waals surface area contributed by atoms with Crippen LogP contribution >= 0.6 is 0 Å². The number of aromatic nitrogens is 1. The van der Waals surface area contributed by atoms with E-state index >= 15 is 0 Å². The highest BCUT2D eigenvalue weighted by Gasteiger charge is 2.81. The molecule has 5 N–H and O–H groups in total. The molecule has 4 aliphatic rings. The molecular weight excluding hydrogens is 450 g/mol. The molecule has 8 nitrogen and oxygen atoms in total. The zero-order valence-corrected chi connectivity index (χ0v) is 20.6. The van der Waals surface area contributed by atoms with Gasteiger partial charge in [0.25, 0.3) is 0 Å². The summed E-state index contributed by atoms with van der Waals surface area (Å²) >= 11 is 0. The van der Waals surface area contributed by atoms with E-state index in [-0.39, 0.29) is 31.2 Å². The molecule has 1 aromatic rings. The van der Waals surface area contributed by atoms with Crippen molar-refractivity contribution in [3.05, 3.63) is 41.7 Å². The van der Waals surface area contributed by atoms with Crippen molar-refractivity contribution in [2.45, 2.75) is 101 Å². The average molecular weight is 488 g/mol. The summed E-state index contributed by atoms with van der Waals surface area (Å²) in [5.74, 6) is -1.10. The van der Waals surface area contributed by atoms with Gasteiger partial charge in [-0.05, 0) is 69.4 Å². The highest BCUT2D eigenvalue weighted by Crippen LogP contribution is 2.71. The molecule has 35 heavy (non-hydrogen) atoms. The Bertz CT molecular complexity index is 1050. The van der Waals surface area contributed by atoms with E-state index in [2.05, 4.69) is 11.9 Å². The SMILES string of the molecule is C[C@H](O)[C@]1(O)CC[C@@]2(O)[C@]1(C)[C@H](OC(=O)c1cccnc1)C[C@@H]1[C@@]3(C)CC[C@H](O)CC3=CC[C@]12O. The number of carbonyl (C=O) groups excluding carboxylic acids is 1. The van der Waals surface area contributed by atoms with Crippen LogP contribution in [-0.4, -0.2) is 71.6 Å². The van der Waals surface area contributed by atoms with E-state index < -0.39 is 57.8 Å². The van der Waals surface area contributed by atoms with Gasteiger partial charge in [-0.1, -0.05) is 25.5 Å². The number of aliphatic hydroxyl groups is 5. The van der Waals surface area contributed by atoms with Crippen LogP contribution in [0.4, 0.5) is 0 Å². The van der Waals surface area contributed by atoms with Gasteiger partial charge in [0, 0.05) is 18.3 Å². The molecule has 192 valence electrons. The van der Waals surface area contributed by atoms with Gasteiger partial charge in [-0.3, -0.25) is 4.98 Å². The quantitative estimate of drug-likeness (QED) is 0.322. The first-order valence-corrected chi connectivity index (χ1v) is 12.7. The minimum absolute atomic E-state index is 0.0552. The van der Waals surface area contributed by atoms with E-state index in [1.165, 1.54) is 13.1 Å². The molecule has 5 rings (SSSR count). The second kappa shape index (κ2) is 7.83. The molecule has 1 heterocycles. The first-order valence-electron chi connectivity index (χ1n) is 12.7. The van der Waals surface area contributed by atoms with Crippen LogP contribution in [0.3, 0.4) is 0 Å². The third-order valence-electron chi connectivity index (χ3n) is 10.5. The Balaban J connectivity index is 1.64. The minimum atomic E-state index is -1.82. The highest BCUT2D eigenvalue weighted by atomic mass is 16.5. The van der Waals surface area contributed by atoms with Crippen LogP contribution in [0.2, 0.25) is 0 Å². The molecule has 0 spiro atoms. The van der Waals surface area contributed by atoms with Crippen molar-refractivity contribution in [3.8, 4) is 0 Å². The summed E-state index contributed by atoms with van der Waals surface area (Å²) in [6.45, 7) is 5.16. The fourth-order valence-electron chi connectivity index (χ4n) is 8.19. The molecule has 3 fully saturated rings. The molecule has 0 saturated heterocycles. The largest absolute Gasteiger partial charge is 0.458 e. The van der Waals surface area contributed by atoms with Crippen LogP contribution in [0.5, 0.6) is 0 Å². The Morgan fingerprint density at radius 2 is 1.94 bits per heavy atom. The summed E-state index contributed by atoms with van der Waals surface area (Å²) in [7, 11) is 0. The van der Waals surface area contributed by atoms with E-state index in [1.807, 2.05) is 6.08 Å². The molecule has 9 atom stereocenters. The number of esters is 1. The maximum atomic E-state index is 13.2. The summed E-state index contributed by atoms with van der Waals surface area (Å²) in [4.78, 5) is 17.2. The maximum absolute atomic E-state index is 13.2. The fraction of sp³-hybridized carbons (Fsp3) is 0.704. The summed E-state index contributed by atoms with van der Waals surface area (Å²) < 4.78 is 6.06. The van der Waals surface area contributed by atoms with Crippen molar-refractivity contribution in [1.82, 2.24) is 4.98 Å². The van der Waals surface area contributed by atoms with E-state index in [1.54, 1.807) is 25.3 Å². The summed E-state index contributed by atoms with van der Waals surface area (Å²) in [6, 6.07) is 3.21. The molecule has 8 heteroatoms. The lowest BCUT2D eigenvalue weighted by molar-refractivity contribution is -0.324. The molecule has 0 bridgehead atoms. The van der Waals surface area contributed by atoms with Gasteiger partial charge in [-0.15, -0.1) is 0 Å². The van der Waals surface area contributed by atoms with Gasteiger partial charge in [0.1, 0.15) is 22.9 Å². The van der Waals surface area contributed by atoms with Crippen molar-refractivity contribution >= 4 is 5.97 Å². The second-order valence-corrected chi connectivity index (χ2v) is 11.8. The smallest absolute Gasteiger partial charge is 0.339 e. The molecular formula is C27H37NO7. The summed E-state index contributed by atoms with van der Waals surface area (Å²) in [5, 5.41) is 57.6. The fourth-order valence-corrected chi connectivity index (χ4v) is 8.19. The zero-order valence-electron chi connectivity index (χ0n) is 20.6. The van der Waals surface area contributed by atoms with Crippen molar-refractivity contribution < 1.29 is 35.1 Å². The van der Waals surface area contributed by atoms with Gasteiger partial charge in [0.2, 0.25) is 0 Å². The molecule has 0 aliphatic heterocycles. The Morgan fingerprint density at radius 3 is 2.60 bits per heavy atom. The average Bonchev–Trinajstić information content (AvgIpc) is 3.06. The van der Waals surface area contributed by atoms with Gasteiger partial charge in [-0.2, -0.15) is 0 Å². The third-order valence-corrected chi connectivity index (χ3v) is 10.5. The minimum Gasteiger partial charge on any atom is -0.458 e. The molecule has 4 aliphatic carbocycles. The topological polar surface area (TPSA) is 140 Å². The van der Waals surface area contributed by atoms with Crippen molar-refractivity contribution in [2.24, 2.45) is 16.7 Å². The first kappa shape index (κ1) is 24.8. The Morgan fingerprint density at radius 1 is 1.20 bits per heavy atom. The zero-order chi connectivity index (χ0) is 25.4. The maximum Gasteiger partial charge on any atom is 0.339 e. The summed E-state index contributed by atoms with van der Waals surface area (Å²) in [6.07, 6.45) is 4.45. The van der Waals surface area contributed by atoms with Crippen LogP contribution in [0.1, 0.15) is 76.1 Å². The van der Waals surface area contributed by atoms with Crippen molar-refractivity contribution in [1.29, 1.82) is 0 Å². The van der Waals surface area contributed by atoms with Crippen molar-refractivity contribution in [3.63, 3.8) is 0 Å². The lowest BCUT2D eigenvalue weighted by Crippen LogP contribution is -2.78. The number of hydrogen-bond donors (Lipinski definition) is 5. The second-order valence-electron chi connectivity index (χ2n) is 11.8. The van der Waals surface area contributed by atoms with Crippen LogP contribution in [0.25, 0.3) is 0 Å². The number of hydrogen-bond acceptors (Lipinski definition) is 8. The third kappa shape index (κ3) is 3.04. The van der Waals surface area contributed by atoms with Crippen LogP contribution in [0.15, 0.2) is 36.2 Å². The summed E-state index contributed by atoms with van der Waals surface area (Å²) in [5.41, 5.74) is -5.94. The van der Waals surface area contributed by atoms with E-state index in [0.29, 0.717) is 19.3 Å². The normalized spacial score (nSPS) is 47.7. The molecule has 0 unspecified atom stereocenters. The van der Waals surface area contributed by atoms with E-state index in [4.69, 9.17) is 4.74 Å². The highest BCUT2D eigenvalue weighted by molar-refractivity contribution is 5.89. The first-order chi connectivity index (χ1) is 16.3. The van der Waals surface area contributed by atoms with Gasteiger partial charge >= 0.3 is 5.97 Å². The Hall–Kier alpha value is -1.84. The van der Waals surface area contributed by atoms with Gasteiger partial charge in [0.05, 0.1) is 23.2 Å². The van der Waals surface area contributed by atoms with Gasteiger partial charge in [0.15, 0.2) is 0 Å². The molecule has 1 aromatic heterocycles. The number of carbonyl (C=O) groups is 1. The van der Waals surface area contributed by atoms with Crippen LogP contribution in [0, 0.1) is 16.7 Å². The molecule has 0 amide bonds. The lowest BCUT2D eigenvalue weighted by atomic mass is 9.42. The predicted octanol–water partition coefficient (Wildman–Crippen LogP) is 1.88. The number of pyridine rings is 1. The van der Waals surface area contributed by atoms with Crippen LogP contribution in [-0.2, 0) is 4.74 Å². The molecule has 0 aromatic carbocycles. The Kier molecular flexibility index (Phi) is 5.55. The van der Waals surface area contributed by atoms with Crippen LogP contribution < -0.4 is 0 Å². The molecule has 0 radical (unpaired) electrons. The number of aliphatic hydroxyl groups excluding tert-OH is 2. The van der Waals surface area contributed by atoms with E-state index in [0.717, 1.165) is 5.57 Å². The number of fused-ring (bicyclic) bond motifs is 5. The standard InChI is InChI=1S/C27H37NO7/c1-16(29)25(32)10-11-27(34)24(25,3)21(35-22(31)17-5-4-12-28-15-17)14-20-23(2)8-7-19(30)13-18(23)6-9-26(20,27)33/h4-6,12,15-16,19-21,29-30,32-34H,7-11,13-14H2,1-3H3/t16-,19-,20+,21+,23-,24+,25+,26-,27+/m0/s1. The number of nitrogens with zero attached hydrogens (tertiary/aromatic N) is 1. The van der Waals surface area contributed by atoms with Crippen molar-refractivity contribution in [2.75, 3.05) is 0 Å².